The summed E-state index contributed by atoms with van der Waals surface area (Å²) in [5.41, 5.74) is 3.61. The number of rotatable bonds is 3. The van der Waals surface area contributed by atoms with Crippen molar-refractivity contribution in [3.05, 3.63) is 29.2 Å². The molecule has 0 bridgehead atoms. The highest BCUT2D eigenvalue weighted by Gasteiger charge is 2.32. The molecular weight excluding hydrogens is 266 g/mol. The summed E-state index contributed by atoms with van der Waals surface area (Å²) in [4.78, 5) is 11.2. The van der Waals surface area contributed by atoms with Gasteiger partial charge in [0.05, 0.1) is 18.8 Å². The second-order valence-corrected chi connectivity index (χ2v) is 5.46. The lowest BCUT2D eigenvalue weighted by Crippen LogP contribution is -2.25. The van der Waals surface area contributed by atoms with Gasteiger partial charge in [0.15, 0.2) is 0 Å². The number of hydrogen-bond acceptors (Lipinski definition) is 5. The van der Waals surface area contributed by atoms with Crippen LogP contribution in [0.4, 0.5) is 5.95 Å². The molecular formula is C15H21N5O. The number of nitrogens with zero attached hydrogens (tertiary/aromatic N) is 5. The third-order valence-corrected chi connectivity index (χ3v) is 4.23. The maximum Gasteiger partial charge on any atom is 0.229 e. The Labute approximate surface area is 124 Å². The molecule has 1 aliphatic heterocycles. The van der Waals surface area contributed by atoms with Crippen LogP contribution in [-0.2, 0) is 7.05 Å². The monoisotopic (exact) mass is 287 g/mol. The van der Waals surface area contributed by atoms with Crippen LogP contribution in [0.3, 0.4) is 0 Å². The first-order valence-electron chi connectivity index (χ1n) is 7.25. The highest BCUT2D eigenvalue weighted by atomic mass is 16.5. The molecule has 0 N–H and O–H groups in total. The van der Waals surface area contributed by atoms with E-state index >= 15 is 0 Å². The SMILES string of the molecule is COc1ccnc(N2CCCC2c2c(C)nn(C)c2C)n1. The van der Waals surface area contributed by atoms with E-state index in [-0.39, 0.29) is 0 Å². The lowest BCUT2D eigenvalue weighted by atomic mass is 10.0. The van der Waals surface area contributed by atoms with Crippen molar-refractivity contribution in [2.45, 2.75) is 32.7 Å². The first-order chi connectivity index (χ1) is 10.1. The van der Waals surface area contributed by atoms with Crippen LogP contribution >= 0.6 is 0 Å². The Kier molecular flexibility index (Phi) is 3.53. The number of aryl methyl sites for hydroxylation is 2. The summed E-state index contributed by atoms with van der Waals surface area (Å²) < 4.78 is 7.16. The second kappa shape index (κ2) is 5.35. The molecule has 2 aromatic heterocycles. The van der Waals surface area contributed by atoms with Crippen LogP contribution < -0.4 is 9.64 Å². The Morgan fingerprint density at radius 3 is 2.81 bits per heavy atom. The zero-order chi connectivity index (χ0) is 15.0. The smallest absolute Gasteiger partial charge is 0.229 e. The Morgan fingerprint density at radius 2 is 2.14 bits per heavy atom. The van der Waals surface area contributed by atoms with Gasteiger partial charge in [0, 0.05) is 37.1 Å². The summed E-state index contributed by atoms with van der Waals surface area (Å²) in [6.07, 6.45) is 3.99. The van der Waals surface area contributed by atoms with Gasteiger partial charge in [-0.05, 0) is 26.7 Å². The Morgan fingerprint density at radius 1 is 1.33 bits per heavy atom. The average molecular weight is 287 g/mol. The fraction of sp³-hybridized carbons (Fsp3) is 0.533. The second-order valence-electron chi connectivity index (χ2n) is 5.46. The minimum Gasteiger partial charge on any atom is -0.481 e. The summed E-state index contributed by atoms with van der Waals surface area (Å²) in [6.45, 7) is 5.16. The first kappa shape index (κ1) is 13.9. The Bertz CT molecular complexity index is 652. The van der Waals surface area contributed by atoms with Crippen LogP contribution in [0.5, 0.6) is 5.88 Å². The van der Waals surface area contributed by atoms with Gasteiger partial charge in [0.1, 0.15) is 0 Å². The summed E-state index contributed by atoms with van der Waals surface area (Å²) in [6, 6.07) is 2.07. The normalized spacial score (nSPS) is 18.3. The predicted octanol–water partition coefficient (Wildman–Crippen LogP) is 2.18. The van der Waals surface area contributed by atoms with Crippen LogP contribution in [0.1, 0.15) is 35.8 Å². The molecule has 3 rings (SSSR count). The predicted molar refractivity (Wildman–Crippen MR) is 80.6 cm³/mol. The zero-order valence-corrected chi connectivity index (χ0v) is 13.0. The van der Waals surface area contributed by atoms with Crippen LogP contribution in [0.25, 0.3) is 0 Å². The maximum atomic E-state index is 5.21. The molecule has 3 heterocycles. The quantitative estimate of drug-likeness (QED) is 0.866. The van der Waals surface area contributed by atoms with Gasteiger partial charge >= 0.3 is 0 Å². The van der Waals surface area contributed by atoms with Gasteiger partial charge in [-0.15, -0.1) is 0 Å². The van der Waals surface area contributed by atoms with E-state index in [0.717, 1.165) is 31.0 Å². The number of aromatic nitrogens is 4. The topological polar surface area (TPSA) is 56.1 Å². The molecule has 1 fully saturated rings. The molecule has 6 heteroatoms. The lowest BCUT2D eigenvalue weighted by molar-refractivity contribution is 0.396. The summed E-state index contributed by atoms with van der Waals surface area (Å²) in [7, 11) is 3.62. The summed E-state index contributed by atoms with van der Waals surface area (Å²) in [5, 5.41) is 4.54. The molecule has 1 atom stereocenters. The third-order valence-electron chi connectivity index (χ3n) is 4.23. The third kappa shape index (κ3) is 2.34. The highest BCUT2D eigenvalue weighted by molar-refractivity contribution is 5.42. The van der Waals surface area contributed by atoms with Crippen molar-refractivity contribution in [1.82, 2.24) is 19.7 Å². The number of ether oxygens (including phenoxy) is 1. The Balaban J connectivity index is 1.99. The van der Waals surface area contributed by atoms with Crippen molar-refractivity contribution in [3.8, 4) is 5.88 Å². The van der Waals surface area contributed by atoms with Gasteiger partial charge in [-0.3, -0.25) is 4.68 Å². The van der Waals surface area contributed by atoms with Gasteiger partial charge < -0.3 is 9.64 Å². The van der Waals surface area contributed by atoms with Crippen LogP contribution in [0.2, 0.25) is 0 Å². The van der Waals surface area contributed by atoms with Crippen molar-refractivity contribution in [2.24, 2.45) is 7.05 Å². The van der Waals surface area contributed by atoms with Crippen LogP contribution in [-0.4, -0.2) is 33.4 Å². The minimum absolute atomic E-state index is 0.297. The van der Waals surface area contributed by atoms with Crippen molar-refractivity contribution in [3.63, 3.8) is 0 Å². The largest absolute Gasteiger partial charge is 0.481 e. The molecule has 0 aliphatic carbocycles. The van der Waals surface area contributed by atoms with E-state index in [1.165, 1.54) is 11.3 Å². The lowest BCUT2D eigenvalue weighted by Gasteiger charge is -2.25. The first-order valence-corrected chi connectivity index (χ1v) is 7.25. The van der Waals surface area contributed by atoms with Crippen LogP contribution in [0.15, 0.2) is 12.3 Å². The fourth-order valence-electron chi connectivity index (χ4n) is 3.16. The fourth-order valence-corrected chi connectivity index (χ4v) is 3.16. The minimum atomic E-state index is 0.297. The molecule has 112 valence electrons. The van der Waals surface area contributed by atoms with E-state index in [9.17, 15) is 0 Å². The molecule has 0 spiro atoms. The van der Waals surface area contributed by atoms with E-state index in [4.69, 9.17) is 4.74 Å². The maximum absolute atomic E-state index is 5.21. The molecule has 0 radical (unpaired) electrons. The molecule has 0 amide bonds. The molecule has 6 nitrogen and oxygen atoms in total. The van der Waals surface area contributed by atoms with Crippen molar-refractivity contribution in [1.29, 1.82) is 0 Å². The van der Waals surface area contributed by atoms with Gasteiger partial charge in [-0.25, -0.2) is 4.98 Å². The van der Waals surface area contributed by atoms with Gasteiger partial charge in [-0.2, -0.15) is 10.1 Å². The average Bonchev–Trinajstić information content (AvgIpc) is 3.04. The molecule has 1 aliphatic rings. The standard InChI is InChI=1S/C15H21N5O/c1-10-14(11(2)19(3)18-10)12-6-5-9-20(12)15-16-8-7-13(17-15)21-4/h7-8,12H,5-6,9H2,1-4H3. The van der Waals surface area contributed by atoms with E-state index in [1.54, 1.807) is 19.4 Å². The molecule has 0 saturated carbocycles. The molecule has 1 saturated heterocycles. The summed E-state index contributed by atoms with van der Waals surface area (Å²) in [5.74, 6) is 1.34. The van der Waals surface area contributed by atoms with Crippen LogP contribution in [0, 0.1) is 13.8 Å². The molecule has 1 unspecified atom stereocenters. The van der Waals surface area contributed by atoms with Crippen molar-refractivity contribution in [2.75, 3.05) is 18.6 Å². The highest BCUT2D eigenvalue weighted by Crippen LogP contribution is 2.37. The Hall–Kier alpha value is -2.11. The molecule has 0 aromatic carbocycles. The molecule has 21 heavy (non-hydrogen) atoms. The van der Waals surface area contributed by atoms with Gasteiger partial charge in [-0.1, -0.05) is 0 Å². The zero-order valence-electron chi connectivity index (χ0n) is 13.0. The van der Waals surface area contributed by atoms with Crippen molar-refractivity contribution < 1.29 is 4.74 Å². The van der Waals surface area contributed by atoms with Crippen molar-refractivity contribution >= 4 is 5.95 Å². The molecule has 2 aromatic rings. The van der Waals surface area contributed by atoms with E-state index < -0.39 is 0 Å². The van der Waals surface area contributed by atoms with E-state index in [2.05, 4.69) is 33.8 Å². The summed E-state index contributed by atoms with van der Waals surface area (Å²) >= 11 is 0. The number of hydrogen-bond donors (Lipinski definition) is 0. The number of methoxy groups -OCH3 is 1. The van der Waals surface area contributed by atoms with Gasteiger partial charge in [0.25, 0.3) is 0 Å². The van der Waals surface area contributed by atoms with Gasteiger partial charge in [0.2, 0.25) is 11.8 Å². The van der Waals surface area contributed by atoms with E-state index in [1.807, 2.05) is 11.7 Å². The number of anilines is 1. The van der Waals surface area contributed by atoms with E-state index in [0.29, 0.717) is 11.9 Å².